The molecule has 5 nitrogen and oxygen atoms in total. The first-order chi connectivity index (χ1) is 7.33. The van der Waals surface area contributed by atoms with Gasteiger partial charge in [-0.2, -0.15) is 5.53 Å². The summed E-state index contributed by atoms with van der Waals surface area (Å²) in [6.45, 7) is 0. The Labute approximate surface area is 85.8 Å². The molecular formula is C10H9N3O2. The summed E-state index contributed by atoms with van der Waals surface area (Å²) in [4.78, 5) is 9.96. The molecule has 0 bridgehead atoms. The number of rotatable bonds is 3. The quantitative estimate of drug-likeness (QED) is 0.593. The molecule has 0 saturated carbocycles. The molecule has 76 valence electrons. The second kappa shape index (κ2) is 3.93. The molecule has 0 atom stereocenters. The summed E-state index contributed by atoms with van der Waals surface area (Å²) in [5.41, 5.74) is 2.39. The van der Waals surface area contributed by atoms with Crippen LogP contribution in [0, 0.1) is 4.91 Å². The molecule has 2 aromatic carbocycles. The van der Waals surface area contributed by atoms with Crippen molar-refractivity contribution in [2.75, 3.05) is 5.17 Å². The van der Waals surface area contributed by atoms with Crippen LogP contribution in [0.5, 0.6) is 0 Å². The van der Waals surface area contributed by atoms with Crippen LogP contribution >= 0.6 is 0 Å². The minimum absolute atomic E-state index is 0.479. The lowest BCUT2D eigenvalue weighted by molar-refractivity contribution is 0.214. The van der Waals surface area contributed by atoms with E-state index in [0.29, 0.717) is 10.9 Å². The summed E-state index contributed by atoms with van der Waals surface area (Å²) in [7, 11) is 0. The zero-order valence-corrected chi connectivity index (χ0v) is 7.79. The van der Waals surface area contributed by atoms with Gasteiger partial charge in [0.1, 0.15) is 0 Å². The Bertz CT molecular complexity index is 482. The molecule has 0 fully saturated rings. The highest BCUT2D eigenvalue weighted by atomic mass is 16.6. The minimum atomic E-state index is 0.479. The predicted octanol–water partition coefficient (Wildman–Crippen LogP) is 2.22. The zero-order valence-electron chi connectivity index (χ0n) is 7.79. The molecule has 15 heavy (non-hydrogen) atoms. The highest BCUT2D eigenvalue weighted by Gasteiger charge is 2.05. The SMILES string of the molecule is O=NNN(O)c1cccc2ccccc12. The van der Waals surface area contributed by atoms with E-state index in [2.05, 4.69) is 5.29 Å². The second-order valence-corrected chi connectivity index (χ2v) is 3.00. The van der Waals surface area contributed by atoms with Gasteiger partial charge in [-0.15, -0.1) is 10.1 Å². The fourth-order valence-corrected chi connectivity index (χ4v) is 1.49. The normalized spacial score (nSPS) is 9.93. The van der Waals surface area contributed by atoms with Crippen LogP contribution in [-0.4, -0.2) is 5.21 Å². The summed E-state index contributed by atoms with van der Waals surface area (Å²) >= 11 is 0. The average molecular weight is 203 g/mol. The molecule has 0 spiro atoms. The number of hydrogen-bond acceptors (Lipinski definition) is 4. The van der Waals surface area contributed by atoms with E-state index in [0.717, 1.165) is 10.8 Å². The van der Waals surface area contributed by atoms with Gasteiger partial charge in [0.2, 0.25) is 0 Å². The van der Waals surface area contributed by atoms with Crippen LogP contribution in [-0.2, 0) is 0 Å². The van der Waals surface area contributed by atoms with E-state index >= 15 is 0 Å². The van der Waals surface area contributed by atoms with Crippen molar-refractivity contribution < 1.29 is 5.21 Å². The van der Waals surface area contributed by atoms with Gasteiger partial charge in [0.25, 0.3) is 0 Å². The van der Waals surface area contributed by atoms with Gasteiger partial charge < -0.3 is 0 Å². The molecule has 0 aliphatic carbocycles. The van der Waals surface area contributed by atoms with Gasteiger partial charge in [0, 0.05) is 5.39 Å². The average Bonchev–Trinajstić information content (AvgIpc) is 2.28. The van der Waals surface area contributed by atoms with Gasteiger partial charge in [-0.3, -0.25) is 5.21 Å². The van der Waals surface area contributed by atoms with E-state index in [1.54, 1.807) is 12.1 Å². The third-order valence-corrected chi connectivity index (χ3v) is 2.13. The molecule has 0 amide bonds. The standard InChI is InChI=1S/C10H9N3O2/c14-12-11-13(15)10-7-3-5-8-4-1-2-6-9(8)10/h1-7,15H,(H,11,14). The highest BCUT2D eigenvalue weighted by molar-refractivity contribution is 5.93. The number of fused-ring (bicyclic) bond motifs is 1. The highest BCUT2D eigenvalue weighted by Crippen LogP contribution is 2.24. The van der Waals surface area contributed by atoms with Crippen molar-refractivity contribution in [3.05, 3.63) is 47.4 Å². The van der Waals surface area contributed by atoms with Crippen LogP contribution in [0.25, 0.3) is 10.8 Å². The molecule has 2 N–H and O–H groups in total. The number of hydrogen-bond donors (Lipinski definition) is 2. The monoisotopic (exact) mass is 203 g/mol. The lowest BCUT2D eigenvalue weighted by atomic mass is 10.1. The van der Waals surface area contributed by atoms with Crippen molar-refractivity contribution in [1.29, 1.82) is 0 Å². The smallest absolute Gasteiger partial charge is 0.0972 e. The van der Waals surface area contributed by atoms with Crippen LogP contribution in [0.1, 0.15) is 0 Å². The van der Waals surface area contributed by atoms with Gasteiger partial charge in [-0.25, -0.2) is 0 Å². The lowest BCUT2D eigenvalue weighted by Gasteiger charge is -2.15. The maximum Gasteiger partial charge on any atom is 0.0972 e. The minimum Gasteiger partial charge on any atom is -0.267 e. The van der Waals surface area contributed by atoms with Crippen LogP contribution in [0.3, 0.4) is 0 Å². The Morgan fingerprint density at radius 1 is 1.13 bits per heavy atom. The van der Waals surface area contributed by atoms with Gasteiger partial charge in [0.05, 0.1) is 11.0 Å². The molecule has 2 aromatic rings. The number of nitroso groups, excluding NO2 is 1. The topological polar surface area (TPSA) is 64.9 Å². The maximum atomic E-state index is 9.96. The van der Waals surface area contributed by atoms with Crippen LogP contribution in [0.4, 0.5) is 5.69 Å². The molecular weight excluding hydrogens is 194 g/mol. The molecule has 0 radical (unpaired) electrons. The van der Waals surface area contributed by atoms with Gasteiger partial charge in [-0.1, -0.05) is 36.4 Å². The molecule has 5 heteroatoms. The van der Waals surface area contributed by atoms with Gasteiger partial charge in [-0.05, 0) is 11.5 Å². The Morgan fingerprint density at radius 3 is 2.67 bits per heavy atom. The number of anilines is 1. The molecule has 0 heterocycles. The van der Waals surface area contributed by atoms with Crippen LogP contribution in [0.15, 0.2) is 47.8 Å². The summed E-state index contributed by atoms with van der Waals surface area (Å²) in [6, 6.07) is 12.9. The van der Waals surface area contributed by atoms with Crippen molar-refractivity contribution in [3.63, 3.8) is 0 Å². The van der Waals surface area contributed by atoms with E-state index in [1.807, 2.05) is 35.9 Å². The van der Waals surface area contributed by atoms with Crippen molar-refractivity contribution in [2.24, 2.45) is 5.29 Å². The fraction of sp³-hybridized carbons (Fsp3) is 0. The molecule has 0 aromatic heterocycles. The van der Waals surface area contributed by atoms with Crippen LogP contribution in [0.2, 0.25) is 0 Å². The van der Waals surface area contributed by atoms with Gasteiger partial charge in [0.15, 0.2) is 0 Å². The first-order valence-corrected chi connectivity index (χ1v) is 4.37. The second-order valence-electron chi connectivity index (χ2n) is 3.00. The predicted molar refractivity (Wildman–Crippen MR) is 57.1 cm³/mol. The number of nitrogens with one attached hydrogen (secondary N) is 1. The first-order valence-electron chi connectivity index (χ1n) is 4.37. The van der Waals surface area contributed by atoms with Crippen molar-refractivity contribution in [2.45, 2.75) is 0 Å². The molecule has 0 unspecified atom stereocenters. The van der Waals surface area contributed by atoms with E-state index in [4.69, 9.17) is 0 Å². The third kappa shape index (κ3) is 1.72. The Morgan fingerprint density at radius 2 is 1.87 bits per heavy atom. The lowest BCUT2D eigenvalue weighted by Crippen LogP contribution is -2.30. The van der Waals surface area contributed by atoms with E-state index in [-0.39, 0.29) is 0 Å². The third-order valence-electron chi connectivity index (χ3n) is 2.13. The van der Waals surface area contributed by atoms with E-state index in [1.165, 1.54) is 0 Å². The number of nitrogens with zero attached hydrogens (tertiary/aromatic N) is 2. The van der Waals surface area contributed by atoms with Crippen molar-refractivity contribution >= 4 is 16.5 Å². The number of benzene rings is 2. The maximum absolute atomic E-state index is 9.96. The van der Waals surface area contributed by atoms with E-state index in [9.17, 15) is 10.1 Å². The van der Waals surface area contributed by atoms with E-state index < -0.39 is 0 Å². The van der Waals surface area contributed by atoms with Gasteiger partial charge >= 0.3 is 0 Å². The summed E-state index contributed by atoms with van der Waals surface area (Å²) in [5, 5.41) is 14.2. The molecule has 0 aliphatic heterocycles. The zero-order chi connectivity index (χ0) is 10.7. The van der Waals surface area contributed by atoms with Crippen LogP contribution < -0.4 is 10.7 Å². The molecule has 0 aliphatic rings. The summed E-state index contributed by atoms with van der Waals surface area (Å²) < 4.78 is 0. The summed E-state index contributed by atoms with van der Waals surface area (Å²) in [5.74, 6) is 0. The largest absolute Gasteiger partial charge is 0.267 e. The first kappa shape index (κ1) is 9.42. The Balaban J connectivity index is 2.55. The van der Waals surface area contributed by atoms with Crippen molar-refractivity contribution in [1.82, 2.24) is 5.53 Å². The Hall–Kier alpha value is -2.14. The fourth-order valence-electron chi connectivity index (χ4n) is 1.49. The number of hydrazine groups is 1. The summed E-state index contributed by atoms with van der Waals surface area (Å²) in [6.07, 6.45) is 0. The van der Waals surface area contributed by atoms with Crippen molar-refractivity contribution in [3.8, 4) is 0 Å². The Kier molecular flexibility index (Phi) is 2.47. The molecule has 0 saturated heterocycles. The molecule has 2 rings (SSSR count).